The first-order chi connectivity index (χ1) is 11.7. The van der Waals surface area contributed by atoms with Gasteiger partial charge in [0.15, 0.2) is 5.65 Å². The van der Waals surface area contributed by atoms with Crippen LogP contribution in [0.1, 0.15) is 5.56 Å². The van der Waals surface area contributed by atoms with Crippen LogP contribution in [0.15, 0.2) is 61.1 Å². The van der Waals surface area contributed by atoms with Gasteiger partial charge in [-0.3, -0.25) is 0 Å². The number of fused-ring (bicyclic) bond motifs is 1. The van der Waals surface area contributed by atoms with Crippen molar-refractivity contribution in [1.82, 2.24) is 19.7 Å². The number of aryl methyl sites for hydroxylation is 1. The standard InChI is InChI=1S/C18H14FN5/c1-12-5-7-15(8-6-12)24-18-16(10-22-24)17(20-11-21-18)23-14-4-2-3-13(19)9-14/h2-11H,1H3,(H,20,21,23). The number of nitrogens with one attached hydrogen (secondary N) is 1. The molecule has 0 aliphatic heterocycles. The fraction of sp³-hybridized carbons (Fsp3) is 0.0556. The third-order valence-electron chi connectivity index (χ3n) is 3.73. The van der Waals surface area contributed by atoms with E-state index in [1.807, 2.05) is 31.2 Å². The zero-order chi connectivity index (χ0) is 16.5. The molecule has 0 atom stereocenters. The minimum Gasteiger partial charge on any atom is -0.339 e. The van der Waals surface area contributed by atoms with Crippen LogP contribution in [0.25, 0.3) is 16.7 Å². The minimum absolute atomic E-state index is 0.305. The molecule has 0 radical (unpaired) electrons. The molecular weight excluding hydrogens is 305 g/mol. The molecule has 0 unspecified atom stereocenters. The molecule has 2 heterocycles. The molecule has 118 valence electrons. The molecule has 0 aliphatic rings. The van der Waals surface area contributed by atoms with Gasteiger partial charge in [-0.25, -0.2) is 19.0 Å². The third kappa shape index (κ3) is 2.58. The van der Waals surface area contributed by atoms with Crippen molar-refractivity contribution in [1.29, 1.82) is 0 Å². The number of benzene rings is 2. The van der Waals surface area contributed by atoms with Crippen molar-refractivity contribution in [3.8, 4) is 5.69 Å². The van der Waals surface area contributed by atoms with Crippen LogP contribution < -0.4 is 5.32 Å². The maximum absolute atomic E-state index is 13.4. The Bertz CT molecular complexity index is 1010. The molecule has 0 fully saturated rings. The summed E-state index contributed by atoms with van der Waals surface area (Å²) in [5.74, 6) is 0.282. The van der Waals surface area contributed by atoms with E-state index in [9.17, 15) is 4.39 Å². The highest BCUT2D eigenvalue weighted by Crippen LogP contribution is 2.24. The number of anilines is 2. The second-order valence-electron chi connectivity index (χ2n) is 5.49. The van der Waals surface area contributed by atoms with E-state index in [0.717, 1.165) is 11.1 Å². The van der Waals surface area contributed by atoms with Crippen molar-refractivity contribution in [2.75, 3.05) is 5.32 Å². The Hall–Kier alpha value is -3.28. The summed E-state index contributed by atoms with van der Waals surface area (Å²) >= 11 is 0. The average molecular weight is 319 g/mol. The summed E-state index contributed by atoms with van der Waals surface area (Å²) in [7, 11) is 0. The fourth-order valence-corrected chi connectivity index (χ4v) is 2.52. The first-order valence-corrected chi connectivity index (χ1v) is 7.49. The fourth-order valence-electron chi connectivity index (χ4n) is 2.52. The van der Waals surface area contributed by atoms with Gasteiger partial charge in [0, 0.05) is 5.69 Å². The van der Waals surface area contributed by atoms with Crippen molar-refractivity contribution in [2.45, 2.75) is 6.92 Å². The van der Waals surface area contributed by atoms with E-state index in [1.54, 1.807) is 23.0 Å². The Morgan fingerprint density at radius 1 is 1.04 bits per heavy atom. The van der Waals surface area contributed by atoms with Crippen molar-refractivity contribution < 1.29 is 4.39 Å². The van der Waals surface area contributed by atoms with Gasteiger partial charge in [-0.05, 0) is 37.3 Å². The molecule has 2 aromatic carbocycles. The van der Waals surface area contributed by atoms with Gasteiger partial charge < -0.3 is 5.32 Å². The summed E-state index contributed by atoms with van der Waals surface area (Å²) in [5, 5.41) is 8.30. The third-order valence-corrected chi connectivity index (χ3v) is 3.73. The molecule has 0 spiro atoms. The lowest BCUT2D eigenvalue weighted by molar-refractivity contribution is 0.628. The Labute approximate surface area is 137 Å². The Balaban J connectivity index is 1.77. The summed E-state index contributed by atoms with van der Waals surface area (Å²) < 4.78 is 15.1. The number of nitrogens with zero attached hydrogens (tertiary/aromatic N) is 4. The number of hydrogen-bond acceptors (Lipinski definition) is 4. The maximum atomic E-state index is 13.4. The van der Waals surface area contributed by atoms with Crippen LogP contribution in [0.4, 0.5) is 15.9 Å². The minimum atomic E-state index is -0.305. The number of halogens is 1. The summed E-state index contributed by atoms with van der Waals surface area (Å²) in [6, 6.07) is 14.3. The lowest BCUT2D eigenvalue weighted by atomic mass is 10.2. The molecule has 1 N–H and O–H groups in total. The van der Waals surface area contributed by atoms with E-state index in [2.05, 4.69) is 20.4 Å². The lowest BCUT2D eigenvalue weighted by Crippen LogP contribution is -1.99. The van der Waals surface area contributed by atoms with Gasteiger partial charge in [0.2, 0.25) is 0 Å². The number of hydrogen-bond donors (Lipinski definition) is 1. The molecule has 0 amide bonds. The zero-order valence-electron chi connectivity index (χ0n) is 12.9. The van der Waals surface area contributed by atoms with Crippen LogP contribution in [-0.4, -0.2) is 19.7 Å². The Morgan fingerprint density at radius 2 is 1.88 bits per heavy atom. The molecule has 0 aliphatic carbocycles. The summed E-state index contributed by atoms with van der Waals surface area (Å²) in [6.07, 6.45) is 3.17. The first kappa shape index (κ1) is 14.3. The van der Waals surface area contributed by atoms with Gasteiger partial charge >= 0.3 is 0 Å². The molecule has 0 saturated heterocycles. The van der Waals surface area contributed by atoms with Crippen LogP contribution in [0.2, 0.25) is 0 Å². The highest BCUT2D eigenvalue weighted by Gasteiger charge is 2.11. The van der Waals surface area contributed by atoms with Crippen molar-refractivity contribution in [3.63, 3.8) is 0 Å². The largest absolute Gasteiger partial charge is 0.339 e. The lowest BCUT2D eigenvalue weighted by Gasteiger charge is -2.07. The first-order valence-electron chi connectivity index (χ1n) is 7.49. The maximum Gasteiger partial charge on any atom is 0.168 e. The van der Waals surface area contributed by atoms with Crippen LogP contribution >= 0.6 is 0 Å². The highest BCUT2D eigenvalue weighted by atomic mass is 19.1. The predicted octanol–water partition coefficient (Wildman–Crippen LogP) is 4.01. The average Bonchev–Trinajstić information content (AvgIpc) is 3.01. The molecular formula is C18H14FN5. The van der Waals surface area contributed by atoms with Crippen LogP contribution in [0.3, 0.4) is 0 Å². The second-order valence-corrected chi connectivity index (χ2v) is 5.49. The molecule has 4 aromatic rings. The SMILES string of the molecule is Cc1ccc(-n2ncc3c(Nc4cccc(F)c4)ncnc32)cc1. The van der Waals surface area contributed by atoms with Crippen molar-refractivity contribution >= 4 is 22.5 Å². The Morgan fingerprint density at radius 3 is 2.67 bits per heavy atom. The number of aromatic nitrogens is 4. The van der Waals surface area contributed by atoms with E-state index in [-0.39, 0.29) is 5.82 Å². The normalized spacial score (nSPS) is 10.9. The summed E-state index contributed by atoms with van der Waals surface area (Å²) in [5.41, 5.74) is 3.41. The van der Waals surface area contributed by atoms with E-state index < -0.39 is 0 Å². The van der Waals surface area contributed by atoms with E-state index >= 15 is 0 Å². The van der Waals surface area contributed by atoms with Gasteiger partial charge in [-0.15, -0.1) is 0 Å². The van der Waals surface area contributed by atoms with E-state index in [4.69, 9.17) is 0 Å². The molecule has 5 nitrogen and oxygen atoms in total. The monoisotopic (exact) mass is 319 g/mol. The van der Waals surface area contributed by atoms with Crippen LogP contribution in [0.5, 0.6) is 0 Å². The van der Waals surface area contributed by atoms with Crippen molar-refractivity contribution in [2.24, 2.45) is 0 Å². The molecule has 24 heavy (non-hydrogen) atoms. The quantitative estimate of drug-likeness (QED) is 0.620. The van der Waals surface area contributed by atoms with Gasteiger partial charge in [0.1, 0.15) is 18.0 Å². The van der Waals surface area contributed by atoms with E-state index in [0.29, 0.717) is 17.2 Å². The molecule has 2 aromatic heterocycles. The van der Waals surface area contributed by atoms with Gasteiger partial charge in [-0.2, -0.15) is 5.10 Å². The molecule has 4 rings (SSSR count). The Kier molecular flexibility index (Phi) is 3.42. The molecule has 0 saturated carbocycles. The highest BCUT2D eigenvalue weighted by molar-refractivity contribution is 5.89. The molecule has 0 bridgehead atoms. The molecule has 6 heteroatoms. The van der Waals surface area contributed by atoms with Crippen molar-refractivity contribution in [3.05, 3.63) is 72.4 Å². The number of rotatable bonds is 3. The predicted molar refractivity (Wildman–Crippen MR) is 91.1 cm³/mol. The topological polar surface area (TPSA) is 55.6 Å². The van der Waals surface area contributed by atoms with Crippen LogP contribution in [0, 0.1) is 12.7 Å². The van der Waals surface area contributed by atoms with Crippen LogP contribution in [-0.2, 0) is 0 Å². The van der Waals surface area contributed by atoms with Gasteiger partial charge in [-0.1, -0.05) is 23.8 Å². The summed E-state index contributed by atoms with van der Waals surface area (Å²) in [4.78, 5) is 8.59. The summed E-state index contributed by atoms with van der Waals surface area (Å²) in [6.45, 7) is 2.04. The van der Waals surface area contributed by atoms with E-state index in [1.165, 1.54) is 24.0 Å². The van der Waals surface area contributed by atoms with Gasteiger partial charge in [0.05, 0.1) is 17.3 Å². The smallest absolute Gasteiger partial charge is 0.168 e. The second kappa shape index (κ2) is 5.73. The van der Waals surface area contributed by atoms with Gasteiger partial charge in [0.25, 0.3) is 0 Å². The zero-order valence-corrected chi connectivity index (χ0v) is 12.9.